The van der Waals surface area contributed by atoms with Crippen LogP contribution in [0.15, 0.2) is 36.5 Å². The van der Waals surface area contributed by atoms with Crippen LogP contribution in [0.3, 0.4) is 0 Å². The van der Waals surface area contributed by atoms with Crippen molar-refractivity contribution in [1.29, 1.82) is 0 Å². The van der Waals surface area contributed by atoms with Crippen molar-refractivity contribution in [3.63, 3.8) is 0 Å². The number of unbranched alkanes of at least 4 members (excludes halogenated alkanes) is 35. The molecule has 0 aliphatic rings. The van der Waals surface area contributed by atoms with Crippen LogP contribution in [0, 0.1) is 0 Å². The van der Waals surface area contributed by atoms with Gasteiger partial charge in [-0.2, -0.15) is 0 Å². The fourth-order valence-corrected chi connectivity index (χ4v) is 7.74. The van der Waals surface area contributed by atoms with Gasteiger partial charge in [0.25, 0.3) is 0 Å². The van der Waals surface area contributed by atoms with E-state index in [0.717, 1.165) is 32.1 Å². The first kappa shape index (κ1) is 54.6. The summed E-state index contributed by atoms with van der Waals surface area (Å²) in [6, 6.07) is -0.623. The third-order valence-electron chi connectivity index (χ3n) is 11.6. The highest BCUT2D eigenvalue weighted by atomic mass is 16.3. The average molecular weight is 786 g/mol. The molecule has 0 aromatic heterocycles. The van der Waals surface area contributed by atoms with Crippen molar-refractivity contribution < 1.29 is 15.0 Å². The van der Waals surface area contributed by atoms with E-state index in [-0.39, 0.29) is 12.5 Å². The Kier molecular flexibility index (Phi) is 46.8. The van der Waals surface area contributed by atoms with Crippen molar-refractivity contribution in [2.45, 2.75) is 283 Å². The Bertz CT molecular complexity index is 851. The van der Waals surface area contributed by atoms with Crippen LogP contribution in [0.4, 0.5) is 0 Å². The fourth-order valence-electron chi connectivity index (χ4n) is 7.74. The number of carbonyl (C=O) groups excluding carboxylic acids is 1. The molecule has 0 aromatic rings. The maximum Gasteiger partial charge on any atom is 0.220 e. The largest absolute Gasteiger partial charge is 0.394 e. The highest BCUT2D eigenvalue weighted by molar-refractivity contribution is 5.76. The maximum atomic E-state index is 12.4. The van der Waals surface area contributed by atoms with Gasteiger partial charge < -0.3 is 15.5 Å². The lowest BCUT2D eigenvalue weighted by Crippen LogP contribution is -2.45. The first-order valence-electron chi connectivity index (χ1n) is 25.2. The van der Waals surface area contributed by atoms with E-state index in [0.29, 0.717) is 6.42 Å². The van der Waals surface area contributed by atoms with Gasteiger partial charge in [0.05, 0.1) is 18.8 Å². The summed E-state index contributed by atoms with van der Waals surface area (Å²) in [5.41, 5.74) is 0. The molecule has 0 rings (SSSR count). The van der Waals surface area contributed by atoms with E-state index in [1.807, 2.05) is 6.08 Å². The topological polar surface area (TPSA) is 69.6 Å². The zero-order chi connectivity index (χ0) is 40.7. The Morgan fingerprint density at radius 2 is 0.732 bits per heavy atom. The molecule has 0 radical (unpaired) electrons. The van der Waals surface area contributed by atoms with Gasteiger partial charge in [0.15, 0.2) is 0 Å². The van der Waals surface area contributed by atoms with Crippen molar-refractivity contribution in [3.8, 4) is 0 Å². The summed E-state index contributed by atoms with van der Waals surface area (Å²) < 4.78 is 0. The van der Waals surface area contributed by atoms with Gasteiger partial charge in [0.1, 0.15) is 0 Å². The Balaban J connectivity index is 3.52. The molecule has 4 heteroatoms. The molecule has 0 saturated carbocycles. The number of nitrogens with one attached hydrogen (secondary N) is 1. The molecule has 330 valence electrons. The summed E-state index contributed by atoms with van der Waals surface area (Å²) in [5, 5.41) is 23.1. The van der Waals surface area contributed by atoms with Gasteiger partial charge in [0, 0.05) is 6.42 Å². The quantitative estimate of drug-likeness (QED) is 0.0425. The van der Waals surface area contributed by atoms with Gasteiger partial charge in [-0.3, -0.25) is 4.79 Å². The summed E-state index contributed by atoms with van der Waals surface area (Å²) in [5.74, 6) is -0.0641. The van der Waals surface area contributed by atoms with E-state index in [1.54, 1.807) is 6.08 Å². The van der Waals surface area contributed by atoms with Crippen LogP contribution in [0.5, 0.6) is 0 Å². The second kappa shape index (κ2) is 48.0. The van der Waals surface area contributed by atoms with Gasteiger partial charge in [0.2, 0.25) is 5.91 Å². The molecule has 0 aliphatic heterocycles. The van der Waals surface area contributed by atoms with Gasteiger partial charge in [-0.15, -0.1) is 0 Å². The minimum absolute atomic E-state index is 0.0641. The predicted molar refractivity (Wildman–Crippen MR) is 248 cm³/mol. The smallest absolute Gasteiger partial charge is 0.220 e. The second-order valence-electron chi connectivity index (χ2n) is 17.2. The number of hydrogen-bond donors (Lipinski definition) is 3. The summed E-state index contributed by atoms with van der Waals surface area (Å²) in [6.45, 7) is 4.33. The predicted octanol–water partition coefficient (Wildman–Crippen LogP) is 16.1. The van der Waals surface area contributed by atoms with Gasteiger partial charge in [-0.25, -0.2) is 0 Å². The van der Waals surface area contributed by atoms with Crippen LogP contribution >= 0.6 is 0 Å². The van der Waals surface area contributed by atoms with E-state index < -0.39 is 12.1 Å². The van der Waals surface area contributed by atoms with E-state index >= 15 is 0 Å². The molecule has 1 amide bonds. The second-order valence-corrected chi connectivity index (χ2v) is 17.2. The lowest BCUT2D eigenvalue weighted by atomic mass is 10.0. The first-order chi connectivity index (χ1) is 27.7. The molecule has 0 fully saturated rings. The number of hydrogen-bond acceptors (Lipinski definition) is 3. The van der Waals surface area contributed by atoms with E-state index in [1.165, 1.54) is 218 Å². The van der Waals surface area contributed by atoms with E-state index in [9.17, 15) is 15.0 Å². The summed E-state index contributed by atoms with van der Waals surface area (Å²) >= 11 is 0. The normalized spacial score (nSPS) is 13.1. The zero-order valence-electron chi connectivity index (χ0n) is 37.9. The van der Waals surface area contributed by atoms with Crippen LogP contribution in [-0.2, 0) is 4.79 Å². The molecular weight excluding hydrogens is 687 g/mol. The standard InChI is InChI=1S/C52H99NO3/c1-3-5-7-9-11-13-15-17-19-21-22-23-24-25-26-27-28-29-30-32-34-36-38-40-42-44-46-48-52(56)53-50(49-54)51(55)47-45-43-41-39-37-35-33-31-20-18-16-14-12-10-8-6-4-2/h22-23,25-26,45,47,50-51,54-55H,3-21,24,27-44,46,48-49H2,1-2H3,(H,53,56)/b23-22-,26-25-,47-45+. The minimum Gasteiger partial charge on any atom is -0.394 e. The lowest BCUT2D eigenvalue weighted by Gasteiger charge is -2.20. The number of carbonyl (C=O) groups is 1. The molecule has 0 heterocycles. The van der Waals surface area contributed by atoms with Crippen LogP contribution in [-0.4, -0.2) is 34.9 Å². The molecule has 0 saturated heterocycles. The number of aliphatic hydroxyl groups excluding tert-OH is 2. The average Bonchev–Trinajstić information content (AvgIpc) is 3.20. The van der Waals surface area contributed by atoms with Crippen molar-refractivity contribution in [3.05, 3.63) is 36.5 Å². The lowest BCUT2D eigenvalue weighted by molar-refractivity contribution is -0.123. The molecule has 0 aromatic carbocycles. The fraction of sp³-hybridized carbons (Fsp3) is 0.865. The van der Waals surface area contributed by atoms with Crippen molar-refractivity contribution in [1.82, 2.24) is 5.32 Å². The van der Waals surface area contributed by atoms with Crippen molar-refractivity contribution in [2.75, 3.05) is 6.61 Å². The Hall–Kier alpha value is -1.39. The van der Waals surface area contributed by atoms with Crippen molar-refractivity contribution >= 4 is 5.91 Å². The molecule has 4 nitrogen and oxygen atoms in total. The van der Waals surface area contributed by atoms with Gasteiger partial charge in [-0.1, -0.05) is 249 Å². The number of aliphatic hydroxyl groups is 2. The third kappa shape index (κ3) is 43.7. The van der Waals surface area contributed by atoms with Crippen molar-refractivity contribution in [2.24, 2.45) is 0 Å². The van der Waals surface area contributed by atoms with Crippen LogP contribution in [0.1, 0.15) is 271 Å². The molecule has 0 aliphatic carbocycles. The molecular formula is C52H99NO3. The number of allylic oxidation sites excluding steroid dienone is 5. The number of rotatable bonds is 46. The zero-order valence-corrected chi connectivity index (χ0v) is 37.9. The third-order valence-corrected chi connectivity index (χ3v) is 11.6. The van der Waals surface area contributed by atoms with Crippen LogP contribution in [0.25, 0.3) is 0 Å². The molecule has 0 spiro atoms. The molecule has 0 bridgehead atoms. The Labute approximate surface area is 351 Å². The highest BCUT2D eigenvalue weighted by Crippen LogP contribution is 2.16. The van der Waals surface area contributed by atoms with Gasteiger partial charge >= 0.3 is 0 Å². The minimum atomic E-state index is -0.839. The van der Waals surface area contributed by atoms with Crippen LogP contribution < -0.4 is 5.32 Å². The SMILES string of the molecule is CCCCCCCCCCC/C=C\C/C=C\CCCCCCCCCCCCCC(=O)NC(CO)C(O)/C=C/CCCCCCCCCCCCCCCCC. The van der Waals surface area contributed by atoms with E-state index in [4.69, 9.17) is 0 Å². The summed E-state index contributed by atoms with van der Waals surface area (Å²) in [6.07, 6.45) is 64.2. The first-order valence-corrected chi connectivity index (χ1v) is 25.2. The highest BCUT2D eigenvalue weighted by Gasteiger charge is 2.18. The van der Waals surface area contributed by atoms with Crippen LogP contribution in [0.2, 0.25) is 0 Å². The molecule has 2 unspecified atom stereocenters. The van der Waals surface area contributed by atoms with Gasteiger partial charge in [-0.05, 0) is 51.4 Å². The molecule has 56 heavy (non-hydrogen) atoms. The molecule has 3 N–H and O–H groups in total. The monoisotopic (exact) mass is 786 g/mol. The maximum absolute atomic E-state index is 12.4. The summed E-state index contributed by atoms with van der Waals surface area (Å²) in [7, 11) is 0. The Morgan fingerprint density at radius 1 is 0.429 bits per heavy atom. The van der Waals surface area contributed by atoms with E-state index in [2.05, 4.69) is 43.5 Å². The molecule has 2 atom stereocenters. The number of amides is 1. The summed E-state index contributed by atoms with van der Waals surface area (Å²) in [4.78, 5) is 12.4. The Morgan fingerprint density at radius 3 is 1.07 bits per heavy atom.